The van der Waals surface area contributed by atoms with Crippen molar-refractivity contribution >= 4 is 5.78 Å². The third-order valence-corrected chi connectivity index (χ3v) is 5.83. The van der Waals surface area contributed by atoms with Gasteiger partial charge < -0.3 is 0 Å². The van der Waals surface area contributed by atoms with Crippen molar-refractivity contribution in [3.63, 3.8) is 0 Å². The minimum absolute atomic E-state index is 0.115. The molecule has 0 aliphatic carbocycles. The summed E-state index contributed by atoms with van der Waals surface area (Å²) in [4.78, 5) is 17.4. The lowest BCUT2D eigenvalue weighted by Crippen LogP contribution is -2.08. The molecule has 0 aliphatic rings. The number of tetrazole rings is 1. The summed E-state index contributed by atoms with van der Waals surface area (Å²) in [5, 5.41) is 18.7. The number of carbonyl (C=O) groups excluding carboxylic acids is 1. The molecule has 2 aromatic heterocycles. The third kappa shape index (κ3) is 5.10. The van der Waals surface area contributed by atoms with Crippen molar-refractivity contribution in [1.29, 1.82) is 0 Å². The second kappa shape index (κ2) is 10.6. The second-order valence-corrected chi connectivity index (χ2v) is 8.28. The quantitative estimate of drug-likeness (QED) is 0.255. The molecule has 8 nitrogen and oxygen atoms in total. The van der Waals surface area contributed by atoms with Gasteiger partial charge in [0.15, 0.2) is 5.82 Å². The minimum Gasteiger partial charge on any atom is -0.290 e. The summed E-state index contributed by atoms with van der Waals surface area (Å²) in [5.74, 6) is 4.07. The van der Waals surface area contributed by atoms with E-state index in [2.05, 4.69) is 60.9 Å². The van der Waals surface area contributed by atoms with Crippen molar-refractivity contribution in [1.82, 2.24) is 35.4 Å². The normalized spacial score (nSPS) is 10.8. The van der Waals surface area contributed by atoms with Gasteiger partial charge in [-0.3, -0.25) is 4.79 Å². The summed E-state index contributed by atoms with van der Waals surface area (Å²) in [6, 6.07) is 25.8. The Hall–Kier alpha value is -4.90. The molecule has 1 N–H and O–H groups in total. The van der Waals surface area contributed by atoms with Crippen molar-refractivity contribution in [2.75, 3.05) is 0 Å². The van der Waals surface area contributed by atoms with E-state index >= 15 is 0 Å². The molecule has 3 aromatic carbocycles. The first kappa shape index (κ1) is 22.9. The van der Waals surface area contributed by atoms with Gasteiger partial charge in [0.2, 0.25) is 11.6 Å². The van der Waals surface area contributed by atoms with Gasteiger partial charge in [0.05, 0.1) is 6.54 Å². The van der Waals surface area contributed by atoms with E-state index < -0.39 is 0 Å². The van der Waals surface area contributed by atoms with Crippen molar-refractivity contribution in [2.45, 2.75) is 25.8 Å². The number of hydrogen-bond donors (Lipinski definition) is 1. The van der Waals surface area contributed by atoms with Crippen molar-refractivity contribution < 1.29 is 4.79 Å². The van der Waals surface area contributed by atoms with Crippen LogP contribution in [0.5, 0.6) is 0 Å². The Labute approximate surface area is 208 Å². The van der Waals surface area contributed by atoms with Gasteiger partial charge in [-0.25, -0.2) is 14.8 Å². The zero-order chi connectivity index (χ0) is 24.7. The molecule has 0 saturated heterocycles. The highest BCUT2D eigenvalue weighted by molar-refractivity contribution is 5.94. The van der Waals surface area contributed by atoms with Crippen molar-refractivity contribution in [3.05, 3.63) is 102 Å². The molecule has 5 rings (SSSR count). The fourth-order valence-electron chi connectivity index (χ4n) is 4.03. The van der Waals surface area contributed by atoms with Gasteiger partial charge in [-0.15, -0.1) is 22.5 Å². The van der Waals surface area contributed by atoms with Crippen LogP contribution in [0.2, 0.25) is 0 Å². The molecular formula is C28H23N7O. The van der Waals surface area contributed by atoms with Crippen LogP contribution in [-0.4, -0.2) is 41.2 Å². The summed E-state index contributed by atoms with van der Waals surface area (Å²) < 4.78 is 1.75. The van der Waals surface area contributed by atoms with Gasteiger partial charge in [-0.1, -0.05) is 78.9 Å². The molecular weight excluding hydrogens is 450 g/mol. The molecule has 5 aromatic rings. The smallest absolute Gasteiger partial charge is 0.217 e. The Balaban J connectivity index is 1.38. The highest BCUT2D eigenvalue weighted by Crippen LogP contribution is 2.30. The summed E-state index contributed by atoms with van der Waals surface area (Å²) in [7, 11) is 0. The van der Waals surface area contributed by atoms with Gasteiger partial charge in [0, 0.05) is 24.8 Å². The van der Waals surface area contributed by atoms with Crippen LogP contribution < -0.4 is 0 Å². The first-order valence-electron chi connectivity index (χ1n) is 11.6. The van der Waals surface area contributed by atoms with Crippen molar-refractivity contribution in [3.8, 4) is 34.9 Å². The van der Waals surface area contributed by atoms with Crippen molar-refractivity contribution in [2.24, 2.45) is 0 Å². The van der Waals surface area contributed by atoms with Gasteiger partial charge in [0.25, 0.3) is 0 Å². The number of nitrogens with zero attached hydrogens (tertiary/aromatic N) is 6. The lowest BCUT2D eigenvalue weighted by molar-refractivity contribution is 0.0982. The highest BCUT2D eigenvalue weighted by Gasteiger charge is 2.17. The van der Waals surface area contributed by atoms with Crippen LogP contribution in [0.15, 0.2) is 78.9 Å². The highest BCUT2D eigenvalue weighted by atomic mass is 16.1. The zero-order valence-electron chi connectivity index (χ0n) is 19.5. The number of benzene rings is 3. The Morgan fingerprint density at radius 1 is 0.917 bits per heavy atom. The molecule has 0 amide bonds. The summed E-state index contributed by atoms with van der Waals surface area (Å²) in [5.41, 5.74) is 4.97. The number of carbonyl (C=O) groups is 1. The molecule has 0 atom stereocenters. The maximum absolute atomic E-state index is 12.8. The minimum atomic E-state index is -0.115. The number of aromatic nitrogens is 7. The molecule has 0 spiro atoms. The molecule has 0 saturated carbocycles. The largest absolute Gasteiger partial charge is 0.290 e. The Morgan fingerprint density at radius 3 is 2.39 bits per heavy atom. The molecule has 0 aliphatic heterocycles. The SMILES string of the molecule is C#CCCn1nc(C(=O)Cc2ccccc2)nc1Cc1ccc(-c2ccccc2-c2nnn[nH]2)cc1. The number of terminal acetylenes is 1. The first-order chi connectivity index (χ1) is 17.7. The third-order valence-electron chi connectivity index (χ3n) is 5.83. The molecule has 0 radical (unpaired) electrons. The molecule has 2 heterocycles. The van der Waals surface area contributed by atoms with E-state index in [0.29, 0.717) is 31.0 Å². The van der Waals surface area contributed by atoms with E-state index in [9.17, 15) is 4.79 Å². The first-order valence-corrected chi connectivity index (χ1v) is 11.6. The monoisotopic (exact) mass is 473 g/mol. The zero-order valence-corrected chi connectivity index (χ0v) is 19.5. The Morgan fingerprint density at radius 2 is 1.67 bits per heavy atom. The maximum Gasteiger partial charge on any atom is 0.217 e. The molecule has 0 fully saturated rings. The number of aromatic amines is 1. The van der Waals surface area contributed by atoms with Crippen LogP contribution in [-0.2, 0) is 19.4 Å². The number of hydrogen-bond acceptors (Lipinski definition) is 6. The van der Waals surface area contributed by atoms with Gasteiger partial charge in [-0.2, -0.15) is 0 Å². The molecule has 0 unspecified atom stereocenters. The van der Waals surface area contributed by atoms with Gasteiger partial charge in [0.1, 0.15) is 5.82 Å². The fraction of sp³-hybridized carbons (Fsp3) is 0.143. The number of ketones is 1. The van der Waals surface area contributed by atoms with Crippen LogP contribution >= 0.6 is 0 Å². The number of aryl methyl sites for hydroxylation is 1. The number of H-pyrrole nitrogens is 1. The lowest BCUT2D eigenvalue weighted by atomic mass is 9.98. The standard InChI is InChI=1S/C28H23N7O/c1-2-3-17-35-26(29-28(32-35)25(36)18-20-9-5-4-6-10-20)19-21-13-15-22(16-14-21)23-11-7-8-12-24(23)27-30-33-34-31-27/h1,4-16H,3,17-19H2,(H,30,31,33,34). The average Bonchev–Trinajstić information content (AvgIpc) is 3.59. The molecule has 0 bridgehead atoms. The molecule has 8 heteroatoms. The maximum atomic E-state index is 12.8. The van der Waals surface area contributed by atoms with Crippen LogP contribution in [0.3, 0.4) is 0 Å². The van der Waals surface area contributed by atoms with Crippen LogP contribution in [0.1, 0.15) is 34.0 Å². The van der Waals surface area contributed by atoms with E-state index in [-0.39, 0.29) is 18.0 Å². The van der Waals surface area contributed by atoms with Crippen LogP contribution in [0.25, 0.3) is 22.5 Å². The molecule has 176 valence electrons. The van der Waals surface area contributed by atoms with Crippen LogP contribution in [0.4, 0.5) is 0 Å². The second-order valence-electron chi connectivity index (χ2n) is 8.28. The number of rotatable bonds is 9. The van der Waals surface area contributed by atoms with E-state index in [1.54, 1.807) is 4.68 Å². The average molecular weight is 474 g/mol. The fourth-order valence-corrected chi connectivity index (χ4v) is 4.03. The summed E-state index contributed by atoms with van der Waals surface area (Å²) in [6.45, 7) is 0.508. The Bertz CT molecular complexity index is 1500. The van der Waals surface area contributed by atoms with E-state index in [1.165, 1.54) is 0 Å². The van der Waals surface area contributed by atoms with Gasteiger partial charge in [-0.05, 0) is 32.7 Å². The van der Waals surface area contributed by atoms with Crippen LogP contribution in [0, 0.1) is 12.3 Å². The van der Waals surface area contributed by atoms with E-state index in [4.69, 9.17) is 6.42 Å². The molecule has 36 heavy (non-hydrogen) atoms. The summed E-state index contributed by atoms with van der Waals surface area (Å²) in [6.07, 6.45) is 6.77. The van der Waals surface area contributed by atoms with E-state index in [1.807, 2.05) is 54.6 Å². The number of Topliss-reactive ketones (excluding diaryl/α,β-unsaturated/α-hetero) is 1. The number of nitrogens with one attached hydrogen (secondary N) is 1. The summed E-state index contributed by atoms with van der Waals surface area (Å²) >= 11 is 0. The predicted octanol–water partition coefficient (Wildman–Crippen LogP) is 4.16. The van der Waals surface area contributed by atoms with E-state index in [0.717, 1.165) is 27.8 Å². The predicted molar refractivity (Wildman–Crippen MR) is 136 cm³/mol. The topological polar surface area (TPSA) is 102 Å². The Kier molecular flexibility index (Phi) is 6.72. The lowest BCUT2D eigenvalue weighted by Gasteiger charge is -2.09. The van der Waals surface area contributed by atoms with Gasteiger partial charge >= 0.3 is 0 Å².